The molecule has 0 unspecified atom stereocenters. The van der Waals surface area contributed by atoms with Crippen molar-refractivity contribution in [3.63, 3.8) is 0 Å². The molecule has 0 radical (unpaired) electrons. The Balaban J connectivity index is 1.13. The van der Waals surface area contributed by atoms with Crippen LogP contribution in [-0.2, 0) is 6.54 Å². The number of piperidine rings is 1. The first kappa shape index (κ1) is 16.8. The Bertz CT molecular complexity index is 826. The highest BCUT2D eigenvalue weighted by molar-refractivity contribution is 5.74. The molecule has 2 aromatic heterocycles. The maximum absolute atomic E-state index is 5.93. The summed E-state index contributed by atoms with van der Waals surface area (Å²) in [6, 6.07) is 13.5. The predicted molar refractivity (Wildman–Crippen MR) is 105 cm³/mol. The van der Waals surface area contributed by atoms with E-state index in [9.17, 15) is 0 Å². The molecule has 4 heterocycles. The number of nitrogens with zero attached hydrogens (tertiary/aromatic N) is 4. The number of hydrogen-bond acceptors (Lipinski definition) is 6. The minimum atomic E-state index is 0.698. The summed E-state index contributed by atoms with van der Waals surface area (Å²) >= 11 is 0. The minimum Gasteiger partial charge on any atom is -0.468 e. The van der Waals surface area contributed by atoms with E-state index in [0.29, 0.717) is 6.04 Å². The third kappa shape index (κ3) is 3.59. The van der Waals surface area contributed by atoms with Gasteiger partial charge in [-0.2, -0.15) is 4.98 Å². The van der Waals surface area contributed by atoms with Crippen molar-refractivity contribution < 1.29 is 8.83 Å². The van der Waals surface area contributed by atoms with Gasteiger partial charge in [0.15, 0.2) is 5.58 Å². The topological polar surface area (TPSA) is 48.9 Å². The standard InChI is InChI=1S/C21H26N4O2/c1-2-6-20-19(5-1)22-21(27-20)25-13-11-24(12-14-25)17-7-9-23(10-8-17)16-18-4-3-15-26-18/h1-6,15,17H,7-14,16H2. The number of aromatic nitrogens is 1. The average molecular weight is 366 g/mol. The molecule has 0 atom stereocenters. The Hall–Kier alpha value is -2.31. The molecule has 0 saturated carbocycles. The highest BCUT2D eigenvalue weighted by atomic mass is 16.4. The molecule has 2 aliphatic heterocycles. The normalized spacial score (nSPS) is 20.5. The van der Waals surface area contributed by atoms with Crippen LogP contribution in [0.4, 0.5) is 6.01 Å². The van der Waals surface area contributed by atoms with E-state index in [-0.39, 0.29) is 0 Å². The number of benzene rings is 1. The van der Waals surface area contributed by atoms with Crippen LogP contribution in [0.3, 0.4) is 0 Å². The molecule has 5 rings (SSSR count). The average Bonchev–Trinajstić information content (AvgIpc) is 3.38. The van der Waals surface area contributed by atoms with Crippen LogP contribution in [0.15, 0.2) is 51.5 Å². The van der Waals surface area contributed by atoms with Gasteiger partial charge < -0.3 is 13.7 Å². The van der Waals surface area contributed by atoms with E-state index in [2.05, 4.69) is 25.8 Å². The first-order valence-corrected chi connectivity index (χ1v) is 9.94. The van der Waals surface area contributed by atoms with Gasteiger partial charge in [0.2, 0.25) is 0 Å². The second kappa shape index (κ2) is 7.37. The Morgan fingerprint density at radius 2 is 1.74 bits per heavy atom. The lowest BCUT2D eigenvalue weighted by atomic mass is 10.0. The fraction of sp³-hybridized carbons (Fsp3) is 0.476. The zero-order valence-corrected chi connectivity index (χ0v) is 15.6. The van der Waals surface area contributed by atoms with Gasteiger partial charge in [0.25, 0.3) is 6.01 Å². The second-order valence-electron chi connectivity index (χ2n) is 7.57. The van der Waals surface area contributed by atoms with E-state index in [1.54, 1.807) is 6.26 Å². The molecule has 0 bridgehead atoms. The molecule has 0 amide bonds. The smallest absolute Gasteiger partial charge is 0.298 e. The number of hydrogen-bond donors (Lipinski definition) is 0. The first-order valence-electron chi connectivity index (χ1n) is 9.94. The highest BCUT2D eigenvalue weighted by Gasteiger charge is 2.29. The van der Waals surface area contributed by atoms with Crippen LogP contribution in [0.2, 0.25) is 0 Å². The molecule has 1 aromatic carbocycles. The van der Waals surface area contributed by atoms with E-state index in [0.717, 1.165) is 68.7 Å². The Labute approximate surface area is 159 Å². The molecular weight excluding hydrogens is 340 g/mol. The van der Waals surface area contributed by atoms with Gasteiger partial charge in [0.05, 0.1) is 12.8 Å². The summed E-state index contributed by atoms with van der Waals surface area (Å²) in [5.41, 5.74) is 1.82. The number of anilines is 1. The molecule has 27 heavy (non-hydrogen) atoms. The summed E-state index contributed by atoms with van der Waals surface area (Å²) in [6.45, 7) is 7.38. The zero-order valence-electron chi connectivity index (χ0n) is 15.6. The van der Waals surface area contributed by atoms with Gasteiger partial charge in [-0.25, -0.2) is 0 Å². The maximum atomic E-state index is 5.93. The number of rotatable bonds is 4. The molecule has 0 aliphatic carbocycles. The summed E-state index contributed by atoms with van der Waals surface area (Å²) in [4.78, 5) is 12.1. The van der Waals surface area contributed by atoms with Crippen molar-refractivity contribution in [3.05, 3.63) is 48.4 Å². The molecule has 6 nitrogen and oxygen atoms in total. The summed E-state index contributed by atoms with van der Waals surface area (Å²) in [5.74, 6) is 1.07. The largest absolute Gasteiger partial charge is 0.468 e. The molecule has 0 spiro atoms. The summed E-state index contributed by atoms with van der Waals surface area (Å²) in [7, 11) is 0. The maximum Gasteiger partial charge on any atom is 0.298 e. The molecule has 0 N–H and O–H groups in total. The van der Waals surface area contributed by atoms with Crippen molar-refractivity contribution in [1.82, 2.24) is 14.8 Å². The Kier molecular flexibility index (Phi) is 4.59. The molecular formula is C21H26N4O2. The summed E-state index contributed by atoms with van der Waals surface area (Å²) in [6.07, 6.45) is 4.24. The molecule has 2 aliphatic rings. The number of oxazole rings is 1. The van der Waals surface area contributed by atoms with Crippen molar-refractivity contribution >= 4 is 17.1 Å². The lowest BCUT2D eigenvalue weighted by molar-refractivity contribution is 0.0955. The van der Waals surface area contributed by atoms with Crippen LogP contribution in [-0.4, -0.2) is 60.1 Å². The molecule has 6 heteroatoms. The number of para-hydroxylation sites is 2. The van der Waals surface area contributed by atoms with E-state index in [1.165, 1.54) is 12.8 Å². The van der Waals surface area contributed by atoms with Crippen molar-refractivity contribution in [1.29, 1.82) is 0 Å². The van der Waals surface area contributed by atoms with Crippen LogP contribution < -0.4 is 4.90 Å². The van der Waals surface area contributed by atoms with Gasteiger partial charge >= 0.3 is 0 Å². The third-order valence-corrected chi connectivity index (χ3v) is 5.90. The van der Waals surface area contributed by atoms with Crippen LogP contribution in [0.5, 0.6) is 0 Å². The third-order valence-electron chi connectivity index (χ3n) is 5.90. The number of furan rings is 1. The predicted octanol–water partition coefficient (Wildman–Crippen LogP) is 3.21. The van der Waals surface area contributed by atoms with Gasteiger partial charge in [-0.15, -0.1) is 0 Å². The molecule has 3 aromatic rings. The van der Waals surface area contributed by atoms with Crippen LogP contribution in [0, 0.1) is 0 Å². The number of piperazine rings is 1. The Morgan fingerprint density at radius 1 is 0.926 bits per heavy atom. The van der Waals surface area contributed by atoms with Gasteiger partial charge in [0.1, 0.15) is 11.3 Å². The molecule has 2 saturated heterocycles. The summed E-state index contributed by atoms with van der Waals surface area (Å²) < 4.78 is 11.4. The van der Waals surface area contributed by atoms with Gasteiger partial charge in [-0.3, -0.25) is 9.80 Å². The van der Waals surface area contributed by atoms with E-state index in [4.69, 9.17) is 8.83 Å². The highest BCUT2D eigenvalue weighted by Crippen LogP contribution is 2.25. The number of likely N-dealkylation sites (tertiary alicyclic amines) is 1. The van der Waals surface area contributed by atoms with Gasteiger partial charge in [-0.1, -0.05) is 12.1 Å². The minimum absolute atomic E-state index is 0.698. The van der Waals surface area contributed by atoms with Crippen molar-refractivity contribution in [3.8, 4) is 0 Å². The van der Waals surface area contributed by atoms with Crippen molar-refractivity contribution in [2.75, 3.05) is 44.2 Å². The van der Waals surface area contributed by atoms with E-state index >= 15 is 0 Å². The lowest BCUT2D eigenvalue weighted by Crippen LogP contribution is -2.53. The second-order valence-corrected chi connectivity index (χ2v) is 7.57. The zero-order chi connectivity index (χ0) is 18.1. The van der Waals surface area contributed by atoms with Gasteiger partial charge in [0, 0.05) is 45.3 Å². The molecule has 142 valence electrons. The van der Waals surface area contributed by atoms with Crippen molar-refractivity contribution in [2.24, 2.45) is 0 Å². The SMILES string of the molecule is c1coc(CN2CCC(N3CCN(c4nc5ccccc5o4)CC3)CC2)c1. The lowest BCUT2D eigenvalue weighted by Gasteiger charge is -2.42. The quantitative estimate of drug-likeness (QED) is 0.707. The van der Waals surface area contributed by atoms with Crippen LogP contribution in [0.1, 0.15) is 18.6 Å². The molecule has 2 fully saturated rings. The van der Waals surface area contributed by atoms with Crippen LogP contribution >= 0.6 is 0 Å². The number of fused-ring (bicyclic) bond motifs is 1. The first-order chi connectivity index (χ1) is 13.3. The fourth-order valence-corrected chi connectivity index (χ4v) is 4.34. The van der Waals surface area contributed by atoms with Crippen LogP contribution in [0.25, 0.3) is 11.1 Å². The monoisotopic (exact) mass is 366 g/mol. The van der Waals surface area contributed by atoms with Gasteiger partial charge in [-0.05, 0) is 37.1 Å². The van der Waals surface area contributed by atoms with E-state index < -0.39 is 0 Å². The fourth-order valence-electron chi connectivity index (χ4n) is 4.34. The van der Waals surface area contributed by atoms with Crippen molar-refractivity contribution in [2.45, 2.75) is 25.4 Å². The Morgan fingerprint density at radius 3 is 2.48 bits per heavy atom. The summed E-state index contributed by atoms with van der Waals surface area (Å²) in [5, 5.41) is 0. The van der Waals surface area contributed by atoms with E-state index in [1.807, 2.05) is 30.3 Å².